The zero-order valence-electron chi connectivity index (χ0n) is 21.7. The molecule has 1 heterocycles. The van der Waals surface area contributed by atoms with Gasteiger partial charge in [0.25, 0.3) is 5.91 Å². The molecule has 8 heteroatoms. The summed E-state index contributed by atoms with van der Waals surface area (Å²) >= 11 is 6.11. The van der Waals surface area contributed by atoms with Crippen molar-refractivity contribution in [2.45, 2.75) is 77.2 Å². The molecule has 1 aliphatic heterocycles. The van der Waals surface area contributed by atoms with Crippen molar-refractivity contribution in [3.63, 3.8) is 0 Å². The smallest absolute Gasteiger partial charge is 0.320 e. The van der Waals surface area contributed by atoms with E-state index in [2.05, 4.69) is 10.2 Å². The first-order valence-corrected chi connectivity index (χ1v) is 13.2. The van der Waals surface area contributed by atoms with E-state index in [1.807, 2.05) is 45.0 Å². The SMILES string of the molecule is CC(C)(C)OC(=O)CN1CCc2cc(C(=O)N[C@H]3CC[C@H](Oc4ccc(C#N)c(Cl)c4)CC3)ccc2C1. The predicted octanol–water partition coefficient (Wildman–Crippen LogP) is 5.03. The molecule has 0 bridgehead atoms. The van der Waals surface area contributed by atoms with E-state index in [1.165, 1.54) is 0 Å². The highest BCUT2D eigenvalue weighted by atomic mass is 35.5. The molecule has 1 N–H and O–H groups in total. The summed E-state index contributed by atoms with van der Waals surface area (Å²) in [5.74, 6) is 0.394. The van der Waals surface area contributed by atoms with Crippen LogP contribution in [-0.2, 0) is 22.5 Å². The van der Waals surface area contributed by atoms with Crippen LogP contribution >= 0.6 is 11.6 Å². The number of rotatable bonds is 6. The van der Waals surface area contributed by atoms with Gasteiger partial charge in [-0.05, 0) is 88.3 Å². The van der Waals surface area contributed by atoms with E-state index in [-0.39, 0.29) is 30.6 Å². The highest BCUT2D eigenvalue weighted by Gasteiger charge is 2.26. The third-order valence-corrected chi connectivity index (χ3v) is 7.02. The fourth-order valence-electron chi connectivity index (χ4n) is 4.89. The standard InChI is InChI=1S/C29H34ClN3O4/c1-29(2,3)37-27(34)18-33-13-12-19-14-20(4-5-22(19)17-33)28(35)32-23-7-10-24(11-8-23)36-25-9-6-21(16-31)26(30)15-25/h4-6,9,14-15,23-24H,7-8,10-13,17-18H2,1-3H3,(H,32,35)/t23-,24-. The molecule has 1 amide bonds. The van der Waals surface area contributed by atoms with Crippen molar-refractivity contribution in [3.8, 4) is 11.8 Å². The zero-order chi connectivity index (χ0) is 26.6. The third kappa shape index (κ3) is 7.47. The van der Waals surface area contributed by atoms with Crippen LogP contribution in [0.2, 0.25) is 5.02 Å². The molecule has 2 aromatic carbocycles. The second kappa shape index (κ2) is 11.5. The molecule has 2 aromatic rings. The molecule has 7 nitrogen and oxygen atoms in total. The van der Waals surface area contributed by atoms with E-state index in [1.54, 1.807) is 18.2 Å². The Hall–Kier alpha value is -3.08. The quantitative estimate of drug-likeness (QED) is 0.534. The number of hydrogen-bond acceptors (Lipinski definition) is 6. The van der Waals surface area contributed by atoms with Crippen molar-refractivity contribution in [2.24, 2.45) is 0 Å². The van der Waals surface area contributed by atoms with Gasteiger partial charge in [0, 0.05) is 30.8 Å². The van der Waals surface area contributed by atoms with Gasteiger partial charge in [-0.15, -0.1) is 0 Å². The molecule has 37 heavy (non-hydrogen) atoms. The first kappa shape index (κ1) is 27.0. The molecular weight excluding hydrogens is 490 g/mol. The van der Waals surface area contributed by atoms with Gasteiger partial charge >= 0.3 is 5.97 Å². The average molecular weight is 524 g/mol. The van der Waals surface area contributed by atoms with Crippen LogP contribution in [0.5, 0.6) is 5.75 Å². The second-order valence-corrected chi connectivity index (χ2v) is 11.3. The Bertz CT molecular complexity index is 1190. The van der Waals surface area contributed by atoms with Crippen molar-refractivity contribution >= 4 is 23.5 Å². The molecule has 196 valence electrons. The van der Waals surface area contributed by atoms with Crippen LogP contribution in [0.25, 0.3) is 0 Å². The van der Waals surface area contributed by atoms with E-state index in [9.17, 15) is 9.59 Å². The summed E-state index contributed by atoms with van der Waals surface area (Å²) in [6.45, 7) is 7.31. The number of hydrogen-bond donors (Lipinski definition) is 1. The van der Waals surface area contributed by atoms with Gasteiger partial charge in [0.2, 0.25) is 0 Å². The summed E-state index contributed by atoms with van der Waals surface area (Å²) in [5, 5.41) is 12.6. The molecule has 1 fully saturated rings. The summed E-state index contributed by atoms with van der Waals surface area (Å²) in [4.78, 5) is 27.2. The first-order chi connectivity index (χ1) is 17.6. The second-order valence-electron chi connectivity index (χ2n) is 10.8. The number of benzene rings is 2. The minimum Gasteiger partial charge on any atom is -0.490 e. The average Bonchev–Trinajstić information content (AvgIpc) is 2.84. The van der Waals surface area contributed by atoms with E-state index < -0.39 is 5.60 Å². The Labute approximate surface area is 223 Å². The molecular formula is C29H34ClN3O4. The van der Waals surface area contributed by atoms with Crippen molar-refractivity contribution in [1.29, 1.82) is 5.26 Å². The topological polar surface area (TPSA) is 91.7 Å². The number of nitriles is 1. The Kier molecular flexibility index (Phi) is 8.41. The lowest BCUT2D eigenvalue weighted by Gasteiger charge is -2.30. The van der Waals surface area contributed by atoms with Crippen molar-refractivity contribution < 1.29 is 19.1 Å². The maximum Gasteiger partial charge on any atom is 0.320 e. The minimum absolute atomic E-state index is 0.0535. The number of halogens is 1. The van der Waals surface area contributed by atoms with Crippen LogP contribution in [0, 0.1) is 11.3 Å². The monoisotopic (exact) mass is 523 g/mol. The van der Waals surface area contributed by atoms with Crippen LogP contribution in [0.15, 0.2) is 36.4 Å². The largest absolute Gasteiger partial charge is 0.490 e. The minimum atomic E-state index is -0.487. The molecule has 0 unspecified atom stereocenters. The van der Waals surface area contributed by atoms with Crippen molar-refractivity contribution in [1.82, 2.24) is 10.2 Å². The maximum atomic E-state index is 13.0. The molecule has 1 aliphatic carbocycles. The molecule has 0 spiro atoms. The molecule has 0 aromatic heterocycles. The van der Waals surface area contributed by atoms with E-state index in [0.717, 1.165) is 49.8 Å². The molecule has 0 saturated heterocycles. The summed E-state index contributed by atoms with van der Waals surface area (Å²) in [7, 11) is 0. The highest BCUT2D eigenvalue weighted by molar-refractivity contribution is 6.31. The van der Waals surface area contributed by atoms with E-state index in [4.69, 9.17) is 26.3 Å². The molecule has 0 atom stereocenters. The Morgan fingerprint density at radius 2 is 1.86 bits per heavy atom. The Balaban J connectivity index is 1.25. The highest BCUT2D eigenvalue weighted by Crippen LogP contribution is 2.28. The van der Waals surface area contributed by atoms with Crippen LogP contribution in [0.3, 0.4) is 0 Å². The summed E-state index contributed by atoms with van der Waals surface area (Å²) in [5.41, 5.74) is 2.92. The maximum absolute atomic E-state index is 13.0. The number of ether oxygens (including phenoxy) is 2. The predicted molar refractivity (Wildman–Crippen MR) is 142 cm³/mol. The van der Waals surface area contributed by atoms with Crippen LogP contribution in [0.4, 0.5) is 0 Å². The number of esters is 1. The lowest BCUT2D eigenvalue weighted by atomic mass is 9.92. The fourth-order valence-corrected chi connectivity index (χ4v) is 5.10. The Morgan fingerprint density at radius 1 is 1.11 bits per heavy atom. The Morgan fingerprint density at radius 3 is 2.54 bits per heavy atom. The van der Waals surface area contributed by atoms with E-state index in [0.29, 0.717) is 28.4 Å². The lowest BCUT2D eigenvalue weighted by Crippen LogP contribution is -2.40. The van der Waals surface area contributed by atoms with Gasteiger partial charge in [-0.2, -0.15) is 5.26 Å². The van der Waals surface area contributed by atoms with Crippen molar-refractivity contribution in [2.75, 3.05) is 13.1 Å². The number of carbonyl (C=O) groups is 2. The summed E-state index contributed by atoms with van der Waals surface area (Å²) < 4.78 is 11.5. The summed E-state index contributed by atoms with van der Waals surface area (Å²) in [6, 6.07) is 13.1. The number of amides is 1. The van der Waals surface area contributed by atoms with E-state index >= 15 is 0 Å². The van der Waals surface area contributed by atoms with Gasteiger partial charge in [-0.3, -0.25) is 14.5 Å². The van der Waals surface area contributed by atoms with Gasteiger partial charge in [0.15, 0.2) is 0 Å². The van der Waals surface area contributed by atoms with Gasteiger partial charge in [-0.1, -0.05) is 17.7 Å². The lowest BCUT2D eigenvalue weighted by molar-refractivity contribution is -0.156. The zero-order valence-corrected chi connectivity index (χ0v) is 22.4. The van der Waals surface area contributed by atoms with Gasteiger partial charge in [0.05, 0.1) is 23.2 Å². The number of fused-ring (bicyclic) bond motifs is 1. The van der Waals surface area contributed by atoms with Gasteiger partial charge in [0.1, 0.15) is 17.4 Å². The molecule has 2 aliphatic rings. The molecule has 0 radical (unpaired) electrons. The van der Waals surface area contributed by atoms with Crippen LogP contribution in [0.1, 0.15) is 73.5 Å². The fraction of sp³-hybridized carbons (Fsp3) is 0.483. The van der Waals surface area contributed by atoms with Crippen LogP contribution in [-0.4, -0.2) is 47.6 Å². The summed E-state index contributed by atoms with van der Waals surface area (Å²) in [6.07, 6.45) is 4.20. The number of nitrogens with zero attached hydrogens (tertiary/aromatic N) is 2. The molecule has 4 rings (SSSR count). The van der Waals surface area contributed by atoms with Gasteiger partial charge < -0.3 is 14.8 Å². The number of nitrogens with one attached hydrogen (secondary N) is 1. The number of carbonyl (C=O) groups excluding carboxylic acids is 2. The van der Waals surface area contributed by atoms with Crippen LogP contribution < -0.4 is 10.1 Å². The first-order valence-electron chi connectivity index (χ1n) is 12.8. The van der Waals surface area contributed by atoms with Crippen molar-refractivity contribution in [3.05, 3.63) is 63.7 Å². The third-order valence-electron chi connectivity index (χ3n) is 6.71. The normalized spacial score (nSPS) is 19.9. The van der Waals surface area contributed by atoms with Gasteiger partial charge in [-0.25, -0.2) is 0 Å². The molecule has 1 saturated carbocycles.